The van der Waals surface area contributed by atoms with Crippen molar-refractivity contribution in [1.29, 1.82) is 0 Å². The van der Waals surface area contributed by atoms with Crippen molar-refractivity contribution in [3.63, 3.8) is 0 Å². The zero-order chi connectivity index (χ0) is 18.8. The highest BCUT2D eigenvalue weighted by Gasteiger charge is 2.25. The Balaban J connectivity index is 1.44. The van der Waals surface area contributed by atoms with Crippen LogP contribution in [0.2, 0.25) is 0 Å². The van der Waals surface area contributed by atoms with Gasteiger partial charge in [-0.2, -0.15) is 0 Å². The summed E-state index contributed by atoms with van der Waals surface area (Å²) < 4.78 is 5.61. The maximum absolute atomic E-state index is 12.6. The molecule has 0 aromatic heterocycles. The molecule has 0 heterocycles. The highest BCUT2D eigenvalue weighted by Crippen LogP contribution is 2.42. The average molecular weight is 366 g/mol. The van der Waals surface area contributed by atoms with Gasteiger partial charge in [-0.25, -0.2) is 0 Å². The summed E-state index contributed by atoms with van der Waals surface area (Å²) in [7, 11) is 3.76. The topological polar surface area (TPSA) is 29.5 Å². The van der Waals surface area contributed by atoms with Gasteiger partial charge in [0.05, 0.1) is 7.11 Å². The van der Waals surface area contributed by atoms with Crippen LogP contribution in [-0.2, 0) is 11.2 Å². The van der Waals surface area contributed by atoms with Crippen LogP contribution < -0.4 is 4.74 Å². The molecule has 144 valence electrons. The first kappa shape index (κ1) is 18.3. The Labute approximate surface area is 162 Å². The average Bonchev–Trinajstić information content (AvgIpc) is 3.24. The lowest BCUT2D eigenvalue weighted by Crippen LogP contribution is -2.35. The molecule has 4 rings (SSSR count). The number of ether oxygens (including phenoxy) is 1. The summed E-state index contributed by atoms with van der Waals surface area (Å²) in [4.78, 5) is 14.6. The minimum Gasteiger partial charge on any atom is -0.496 e. The summed E-state index contributed by atoms with van der Waals surface area (Å²) >= 11 is 0. The molecule has 2 aliphatic rings. The molecule has 0 aliphatic heterocycles. The quantitative estimate of drug-likeness (QED) is 0.681. The maximum atomic E-state index is 12.6. The van der Waals surface area contributed by atoms with Crippen molar-refractivity contribution in [1.82, 2.24) is 4.90 Å². The van der Waals surface area contributed by atoms with Crippen LogP contribution in [-0.4, -0.2) is 31.0 Å². The lowest BCUT2D eigenvalue weighted by molar-refractivity contribution is -0.132. The summed E-state index contributed by atoms with van der Waals surface area (Å²) in [6, 6.07) is 11.4. The van der Waals surface area contributed by atoms with Crippen LogP contribution in [0.25, 0.3) is 10.8 Å². The van der Waals surface area contributed by atoms with Gasteiger partial charge in [0.1, 0.15) is 5.75 Å². The van der Waals surface area contributed by atoms with Crippen molar-refractivity contribution in [3.05, 3.63) is 41.5 Å². The predicted octanol–water partition coefficient (Wildman–Crippen LogP) is 5.45. The number of hydrogen-bond donors (Lipinski definition) is 0. The van der Waals surface area contributed by atoms with E-state index in [1.807, 2.05) is 11.9 Å². The van der Waals surface area contributed by atoms with E-state index in [0.717, 1.165) is 31.4 Å². The highest BCUT2D eigenvalue weighted by atomic mass is 16.5. The fourth-order valence-electron chi connectivity index (χ4n) is 5.19. The first-order chi connectivity index (χ1) is 13.2. The molecule has 1 atom stereocenters. The van der Waals surface area contributed by atoms with E-state index in [0.29, 0.717) is 24.3 Å². The Morgan fingerprint density at radius 2 is 1.96 bits per heavy atom. The smallest absolute Gasteiger partial charge is 0.222 e. The van der Waals surface area contributed by atoms with Crippen LogP contribution in [0.1, 0.15) is 68.4 Å². The lowest BCUT2D eigenvalue weighted by atomic mass is 9.78. The zero-order valence-electron chi connectivity index (χ0n) is 16.7. The van der Waals surface area contributed by atoms with Gasteiger partial charge < -0.3 is 9.64 Å². The van der Waals surface area contributed by atoms with Crippen molar-refractivity contribution < 1.29 is 9.53 Å². The first-order valence-corrected chi connectivity index (χ1v) is 10.5. The largest absolute Gasteiger partial charge is 0.496 e. The normalized spacial score (nSPS) is 19.4. The lowest BCUT2D eigenvalue weighted by Gasteiger charge is -2.28. The number of carbonyl (C=O) groups is 1. The number of hydrogen-bond acceptors (Lipinski definition) is 2. The Kier molecular flexibility index (Phi) is 5.38. The second-order valence-corrected chi connectivity index (χ2v) is 8.26. The maximum Gasteiger partial charge on any atom is 0.222 e. The third kappa shape index (κ3) is 3.56. The van der Waals surface area contributed by atoms with Gasteiger partial charge in [0, 0.05) is 25.1 Å². The number of amides is 1. The third-order valence-electron chi connectivity index (χ3n) is 6.75. The van der Waals surface area contributed by atoms with Crippen LogP contribution in [0, 0.1) is 0 Å². The summed E-state index contributed by atoms with van der Waals surface area (Å²) in [5.74, 6) is 1.90. The number of carbonyl (C=O) groups excluding carboxylic acids is 1. The third-order valence-corrected chi connectivity index (χ3v) is 6.75. The van der Waals surface area contributed by atoms with Crippen LogP contribution in [0.15, 0.2) is 30.3 Å². The number of nitrogens with zero attached hydrogens (tertiary/aromatic N) is 1. The van der Waals surface area contributed by atoms with Gasteiger partial charge in [-0.05, 0) is 66.8 Å². The van der Waals surface area contributed by atoms with Crippen LogP contribution >= 0.6 is 0 Å². The number of aryl methyl sites for hydroxylation is 1. The summed E-state index contributed by atoms with van der Waals surface area (Å²) in [6.07, 6.45) is 9.91. The predicted molar refractivity (Wildman–Crippen MR) is 110 cm³/mol. The molecule has 3 nitrogen and oxygen atoms in total. The van der Waals surface area contributed by atoms with Crippen molar-refractivity contribution in [2.24, 2.45) is 0 Å². The SMILES string of the molecule is COc1ccc2cccc3c2c1CCC3CCCC(=O)N(C)C1CCCC1. The molecule has 0 bridgehead atoms. The van der Waals surface area contributed by atoms with Gasteiger partial charge in [0.2, 0.25) is 5.91 Å². The van der Waals surface area contributed by atoms with E-state index in [-0.39, 0.29) is 0 Å². The molecule has 1 fully saturated rings. The fraction of sp³-hybridized carbons (Fsp3) is 0.542. The molecule has 2 aromatic carbocycles. The number of benzene rings is 2. The van der Waals surface area contributed by atoms with Crippen LogP contribution in [0.4, 0.5) is 0 Å². The van der Waals surface area contributed by atoms with Crippen molar-refractivity contribution in [2.45, 2.75) is 69.7 Å². The van der Waals surface area contributed by atoms with Crippen LogP contribution in [0.5, 0.6) is 5.75 Å². The monoisotopic (exact) mass is 365 g/mol. The van der Waals surface area contributed by atoms with E-state index in [2.05, 4.69) is 30.3 Å². The molecule has 0 saturated heterocycles. The van der Waals surface area contributed by atoms with E-state index in [4.69, 9.17) is 4.74 Å². The molecule has 1 unspecified atom stereocenters. The van der Waals surface area contributed by atoms with Gasteiger partial charge in [0.15, 0.2) is 0 Å². The van der Waals surface area contributed by atoms with Gasteiger partial charge in [-0.3, -0.25) is 4.79 Å². The van der Waals surface area contributed by atoms with Crippen molar-refractivity contribution >= 4 is 16.7 Å². The summed E-state index contributed by atoms with van der Waals surface area (Å²) in [6.45, 7) is 0. The van der Waals surface area contributed by atoms with E-state index in [9.17, 15) is 4.79 Å². The van der Waals surface area contributed by atoms with Crippen molar-refractivity contribution in [2.75, 3.05) is 14.2 Å². The first-order valence-electron chi connectivity index (χ1n) is 10.5. The Hall–Kier alpha value is -2.03. The minimum absolute atomic E-state index is 0.331. The van der Waals surface area contributed by atoms with E-state index in [1.165, 1.54) is 47.6 Å². The molecular formula is C24H31NO2. The molecule has 2 aromatic rings. The molecule has 0 N–H and O–H groups in total. The Morgan fingerprint density at radius 1 is 1.15 bits per heavy atom. The van der Waals surface area contributed by atoms with E-state index in [1.54, 1.807) is 7.11 Å². The van der Waals surface area contributed by atoms with Crippen molar-refractivity contribution in [3.8, 4) is 5.75 Å². The molecule has 3 heteroatoms. The van der Waals surface area contributed by atoms with Gasteiger partial charge in [0.25, 0.3) is 0 Å². The fourth-order valence-corrected chi connectivity index (χ4v) is 5.19. The Bertz CT molecular complexity index is 822. The molecule has 1 amide bonds. The summed E-state index contributed by atoms with van der Waals surface area (Å²) in [5.41, 5.74) is 2.81. The molecule has 27 heavy (non-hydrogen) atoms. The second-order valence-electron chi connectivity index (χ2n) is 8.26. The van der Waals surface area contributed by atoms with Gasteiger partial charge in [-0.1, -0.05) is 37.1 Å². The standard InChI is InChI=1S/C24H31NO2/c1-25(19-9-3-4-10-19)23(26)12-6-7-17-13-15-21-22(27-2)16-14-18-8-5-11-20(17)24(18)21/h5,8,11,14,16-17,19H,3-4,6-7,9-10,12-13,15H2,1-2H3. The molecule has 1 saturated carbocycles. The van der Waals surface area contributed by atoms with Gasteiger partial charge >= 0.3 is 0 Å². The molecular weight excluding hydrogens is 334 g/mol. The minimum atomic E-state index is 0.331. The van der Waals surface area contributed by atoms with Gasteiger partial charge in [-0.15, -0.1) is 0 Å². The Morgan fingerprint density at radius 3 is 2.74 bits per heavy atom. The van der Waals surface area contributed by atoms with Crippen LogP contribution in [0.3, 0.4) is 0 Å². The summed E-state index contributed by atoms with van der Waals surface area (Å²) in [5, 5.41) is 2.70. The molecule has 2 aliphatic carbocycles. The highest BCUT2D eigenvalue weighted by molar-refractivity contribution is 5.92. The molecule has 0 spiro atoms. The number of rotatable bonds is 6. The number of methoxy groups -OCH3 is 1. The van der Waals surface area contributed by atoms with E-state index >= 15 is 0 Å². The zero-order valence-corrected chi connectivity index (χ0v) is 16.7. The van der Waals surface area contributed by atoms with E-state index < -0.39 is 0 Å². The molecule has 0 radical (unpaired) electrons. The second kappa shape index (κ2) is 7.92.